The van der Waals surface area contributed by atoms with Gasteiger partial charge >= 0.3 is 0 Å². The average molecular weight is 326 g/mol. The van der Waals surface area contributed by atoms with Crippen molar-refractivity contribution in [3.05, 3.63) is 35.5 Å². The van der Waals surface area contributed by atoms with Crippen molar-refractivity contribution in [2.75, 3.05) is 6.54 Å². The van der Waals surface area contributed by atoms with Crippen molar-refractivity contribution in [1.82, 2.24) is 19.8 Å². The van der Waals surface area contributed by atoms with Gasteiger partial charge in [-0.2, -0.15) is 5.10 Å². The minimum absolute atomic E-state index is 0.331. The number of thiophene rings is 1. The molecule has 0 saturated heterocycles. The Morgan fingerprint density at radius 2 is 2.24 bits per heavy atom. The minimum Gasteiger partial charge on any atom is -0.309 e. The topological polar surface area (TPSA) is 76.0 Å². The maximum absolute atomic E-state index is 12.2. The summed E-state index contributed by atoms with van der Waals surface area (Å²) in [6, 6.07) is 5.99. The molecule has 0 spiro atoms. The summed E-state index contributed by atoms with van der Waals surface area (Å²) in [5, 5.41) is 7.42. The molecular weight excluding hydrogens is 308 g/mol. The molecule has 0 unspecified atom stereocenters. The molecule has 6 nitrogen and oxygen atoms in total. The lowest BCUT2D eigenvalue weighted by molar-refractivity contribution is 0.562. The molecule has 2 heterocycles. The van der Waals surface area contributed by atoms with E-state index in [2.05, 4.69) is 15.1 Å². The first-order valence-corrected chi connectivity index (χ1v) is 9.23. The molecule has 114 valence electrons. The van der Waals surface area contributed by atoms with Gasteiger partial charge in [-0.3, -0.25) is 4.68 Å². The molecule has 1 saturated carbocycles. The molecular formula is C13H18N4O2S2. The highest BCUT2D eigenvalue weighted by Crippen LogP contribution is 2.24. The summed E-state index contributed by atoms with van der Waals surface area (Å²) in [7, 11) is -3.42. The van der Waals surface area contributed by atoms with Gasteiger partial charge in [-0.25, -0.2) is 13.1 Å². The van der Waals surface area contributed by atoms with Crippen LogP contribution in [-0.2, 0) is 23.1 Å². The van der Waals surface area contributed by atoms with Gasteiger partial charge in [0.25, 0.3) is 0 Å². The maximum Gasteiger partial charge on any atom is 0.250 e. The first-order valence-electron chi connectivity index (χ1n) is 6.93. The summed E-state index contributed by atoms with van der Waals surface area (Å²) in [5.74, 6) is 0. The van der Waals surface area contributed by atoms with Gasteiger partial charge < -0.3 is 5.32 Å². The predicted octanol–water partition coefficient (Wildman–Crippen LogP) is 1.18. The van der Waals surface area contributed by atoms with E-state index in [-0.39, 0.29) is 0 Å². The Kier molecular flexibility index (Phi) is 4.39. The normalized spacial score (nSPS) is 15.4. The fourth-order valence-corrected chi connectivity index (χ4v) is 4.30. The van der Waals surface area contributed by atoms with E-state index >= 15 is 0 Å². The number of sulfonamides is 1. The number of nitrogens with zero attached hydrogens (tertiary/aromatic N) is 2. The number of aromatic nitrogens is 2. The standard InChI is InChI=1S/C13H18N4O2S2/c18-21(19,16-7-9-17-8-1-6-15-17)13-5-4-12(20-13)10-14-11-2-3-11/h1,4-6,8,11,14,16H,2-3,7,9-10H2. The van der Waals surface area contributed by atoms with Crippen LogP contribution in [0.3, 0.4) is 0 Å². The quantitative estimate of drug-likeness (QED) is 0.764. The molecule has 0 aromatic carbocycles. The third kappa shape index (κ3) is 4.13. The summed E-state index contributed by atoms with van der Waals surface area (Å²) >= 11 is 1.32. The van der Waals surface area contributed by atoms with Crippen LogP contribution in [0.1, 0.15) is 17.7 Å². The zero-order valence-electron chi connectivity index (χ0n) is 11.5. The van der Waals surface area contributed by atoms with Gasteiger partial charge in [0, 0.05) is 36.4 Å². The Labute approximate surface area is 128 Å². The van der Waals surface area contributed by atoms with Crippen molar-refractivity contribution in [2.45, 2.75) is 36.2 Å². The zero-order valence-corrected chi connectivity index (χ0v) is 13.2. The van der Waals surface area contributed by atoms with E-state index in [0.717, 1.165) is 11.4 Å². The molecule has 0 amide bonds. The van der Waals surface area contributed by atoms with Gasteiger partial charge in [-0.1, -0.05) is 0 Å². The first-order chi connectivity index (χ1) is 10.1. The second-order valence-electron chi connectivity index (χ2n) is 5.04. The SMILES string of the molecule is O=S(=O)(NCCn1cccn1)c1ccc(CNC2CC2)s1. The van der Waals surface area contributed by atoms with E-state index in [1.54, 1.807) is 23.1 Å². The monoisotopic (exact) mass is 326 g/mol. The van der Waals surface area contributed by atoms with Gasteiger partial charge in [0.2, 0.25) is 10.0 Å². The molecule has 0 aliphatic heterocycles. The molecule has 2 N–H and O–H groups in total. The van der Waals surface area contributed by atoms with Crippen LogP contribution in [0.15, 0.2) is 34.8 Å². The molecule has 2 aromatic rings. The highest BCUT2D eigenvalue weighted by Gasteiger charge is 2.21. The molecule has 0 radical (unpaired) electrons. The lowest BCUT2D eigenvalue weighted by Crippen LogP contribution is -2.26. The van der Waals surface area contributed by atoms with Crippen molar-refractivity contribution in [3.63, 3.8) is 0 Å². The second kappa shape index (κ2) is 6.27. The Morgan fingerprint density at radius 3 is 2.95 bits per heavy atom. The zero-order chi connectivity index (χ0) is 14.7. The Balaban J connectivity index is 1.53. The second-order valence-corrected chi connectivity index (χ2v) is 8.20. The number of hydrogen-bond donors (Lipinski definition) is 2. The van der Waals surface area contributed by atoms with Crippen LogP contribution in [-0.4, -0.2) is 30.8 Å². The Hall–Kier alpha value is -1.22. The fourth-order valence-electron chi connectivity index (χ4n) is 1.93. The molecule has 2 aromatic heterocycles. The van der Waals surface area contributed by atoms with Gasteiger partial charge in [0.1, 0.15) is 4.21 Å². The molecule has 1 aliphatic rings. The van der Waals surface area contributed by atoms with E-state index in [4.69, 9.17) is 0 Å². The molecule has 1 fully saturated rings. The van der Waals surface area contributed by atoms with Crippen molar-refractivity contribution in [2.24, 2.45) is 0 Å². The van der Waals surface area contributed by atoms with Gasteiger partial charge in [-0.15, -0.1) is 11.3 Å². The number of nitrogens with one attached hydrogen (secondary N) is 2. The van der Waals surface area contributed by atoms with Gasteiger partial charge in [0.05, 0.1) is 6.54 Å². The summed E-state index contributed by atoms with van der Waals surface area (Å²) in [4.78, 5) is 1.05. The van der Waals surface area contributed by atoms with Crippen molar-refractivity contribution in [1.29, 1.82) is 0 Å². The van der Waals surface area contributed by atoms with Crippen LogP contribution in [0.2, 0.25) is 0 Å². The summed E-state index contributed by atoms with van der Waals surface area (Å²) in [5.41, 5.74) is 0. The van der Waals surface area contributed by atoms with E-state index in [9.17, 15) is 8.42 Å². The first kappa shape index (κ1) is 14.7. The lowest BCUT2D eigenvalue weighted by atomic mass is 10.4. The van der Waals surface area contributed by atoms with Gasteiger partial charge in [0.15, 0.2) is 0 Å². The summed E-state index contributed by atoms with van der Waals surface area (Å²) in [6.45, 7) is 1.60. The molecule has 1 aliphatic carbocycles. The Morgan fingerprint density at radius 1 is 1.38 bits per heavy atom. The smallest absolute Gasteiger partial charge is 0.250 e. The van der Waals surface area contributed by atoms with Crippen LogP contribution in [0, 0.1) is 0 Å². The van der Waals surface area contributed by atoms with Gasteiger partial charge in [-0.05, 0) is 31.0 Å². The van der Waals surface area contributed by atoms with Crippen molar-refractivity contribution >= 4 is 21.4 Å². The highest BCUT2D eigenvalue weighted by atomic mass is 32.2. The maximum atomic E-state index is 12.2. The number of rotatable bonds is 8. The van der Waals surface area contributed by atoms with Crippen LogP contribution in [0.4, 0.5) is 0 Å². The van der Waals surface area contributed by atoms with Crippen LogP contribution < -0.4 is 10.0 Å². The minimum atomic E-state index is -3.42. The molecule has 3 rings (SSSR count). The molecule has 21 heavy (non-hydrogen) atoms. The van der Waals surface area contributed by atoms with E-state index in [1.807, 2.05) is 12.1 Å². The van der Waals surface area contributed by atoms with Crippen molar-refractivity contribution in [3.8, 4) is 0 Å². The summed E-state index contributed by atoms with van der Waals surface area (Å²) in [6.07, 6.45) is 5.94. The molecule has 8 heteroatoms. The van der Waals surface area contributed by atoms with E-state index in [0.29, 0.717) is 23.3 Å². The van der Waals surface area contributed by atoms with E-state index < -0.39 is 10.0 Å². The van der Waals surface area contributed by atoms with Crippen LogP contribution in [0.25, 0.3) is 0 Å². The largest absolute Gasteiger partial charge is 0.309 e. The lowest BCUT2D eigenvalue weighted by Gasteiger charge is -2.05. The Bertz CT molecular complexity index is 675. The highest BCUT2D eigenvalue weighted by molar-refractivity contribution is 7.91. The van der Waals surface area contributed by atoms with Crippen molar-refractivity contribution < 1.29 is 8.42 Å². The fraction of sp³-hybridized carbons (Fsp3) is 0.462. The third-order valence-corrected chi connectivity index (χ3v) is 6.27. The van der Waals surface area contributed by atoms with Crippen LogP contribution in [0.5, 0.6) is 0 Å². The van der Waals surface area contributed by atoms with Crippen LogP contribution >= 0.6 is 11.3 Å². The average Bonchev–Trinajstić information content (AvgIpc) is 2.93. The summed E-state index contributed by atoms with van der Waals surface area (Å²) < 4.78 is 29.0. The molecule has 0 bridgehead atoms. The number of hydrogen-bond acceptors (Lipinski definition) is 5. The third-order valence-electron chi connectivity index (χ3n) is 3.24. The molecule has 0 atom stereocenters. The predicted molar refractivity (Wildman–Crippen MR) is 81.6 cm³/mol. The van der Waals surface area contributed by atoms with E-state index in [1.165, 1.54) is 24.2 Å².